The number of hydrogen-bond donors (Lipinski definition) is 0. The van der Waals surface area contributed by atoms with Crippen LogP contribution in [0.1, 0.15) is 55.8 Å². The molecule has 0 aliphatic carbocycles. The monoisotopic (exact) mass is 302 g/mol. The first-order valence-electron chi connectivity index (χ1n) is 6.77. The molecule has 0 spiro atoms. The van der Waals surface area contributed by atoms with E-state index in [1.165, 1.54) is 38.2 Å². The highest BCUT2D eigenvalue weighted by atomic mass is 35.5. The lowest BCUT2D eigenvalue weighted by molar-refractivity contribution is 0.108. The molecule has 0 bridgehead atoms. The quantitative estimate of drug-likeness (QED) is 0.447. The lowest BCUT2D eigenvalue weighted by Crippen LogP contribution is -1.99. The molecule has 0 saturated heterocycles. The van der Waals surface area contributed by atoms with Crippen LogP contribution in [0.3, 0.4) is 0 Å². The third-order valence-electron chi connectivity index (χ3n) is 2.91. The van der Waals surface area contributed by atoms with E-state index in [-0.39, 0.29) is 0 Å². The molecule has 1 aromatic rings. The summed E-state index contributed by atoms with van der Waals surface area (Å²) >= 11 is 11.4. The third-order valence-corrected chi connectivity index (χ3v) is 3.43. The molecule has 0 fully saturated rings. The fraction of sp³-hybridized carbons (Fsp3) is 0.533. The summed E-state index contributed by atoms with van der Waals surface area (Å²) in [7, 11) is 0. The summed E-state index contributed by atoms with van der Waals surface area (Å²) in [6.07, 6.45) is 7.32. The Labute approximate surface area is 125 Å². The van der Waals surface area contributed by atoms with E-state index in [9.17, 15) is 4.79 Å². The highest BCUT2D eigenvalue weighted by Gasteiger charge is 2.07. The van der Waals surface area contributed by atoms with E-state index in [0.717, 1.165) is 6.42 Å². The zero-order chi connectivity index (χ0) is 14.1. The molecule has 0 heterocycles. The molecular formula is C15H20Cl2O2. The van der Waals surface area contributed by atoms with Crippen LogP contribution >= 0.6 is 23.2 Å². The number of carbonyl (C=O) groups excluding carboxylic acids is 1. The maximum absolute atomic E-state index is 11.0. The molecule has 0 N–H and O–H groups in total. The van der Waals surface area contributed by atoms with Crippen molar-refractivity contribution in [1.29, 1.82) is 0 Å². The van der Waals surface area contributed by atoms with Gasteiger partial charge in [-0.25, -0.2) is 0 Å². The molecule has 0 radical (unpaired) electrons. The summed E-state index contributed by atoms with van der Waals surface area (Å²) in [4.78, 5) is 11.0. The van der Waals surface area contributed by atoms with Crippen LogP contribution in [0.2, 0.25) is 5.02 Å². The van der Waals surface area contributed by atoms with Crippen molar-refractivity contribution in [1.82, 2.24) is 0 Å². The van der Waals surface area contributed by atoms with E-state index >= 15 is 0 Å². The van der Waals surface area contributed by atoms with Crippen LogP contribution in [0.25, 0.3) is 0 Å². The van der Waals surface area contributed by atoms with Crippen molar-refractivity contribution in [2.24, 2.45) is 0 Å². The van der Waals surface area contributed by atoms with E-state index in [2.05, 4.69) is 6.92 Å². The van der Waals surface area contributed by atoms with Gasteiger partial charge >= 0.3 is 0 Å². The Morgan fingerprint density at radius 3 is 2.47 bits per heavy atom. The Morgan fingerprint density at radius 1 is 1.16 bits per heavy atom. The molecular weight excluding hydrogens is 283 g/mol. The molecule has 0 saturated carbocycles. The maximum atomic E-state index is 11.0. The summed E-state index contributed by atoms with van der Waals surface area (Å²) in [5.74, 6) is 0.608. The fourth-order valence-electron chi connectivity index (χ4n) is 1.80. The van der Waals surface area contributed by atoms with E-state index in [4.69, 9.17) is 27.9 Å². The van der Waals surface area contributed by atoms with Gasteiger partial charge in [0.15, 0.2) is 0 Å². The van der Waals surface area contributed by atoms with Crippen LogP contribution in [0, 0.1) is 0 Å². The summed E-state index contributed by atoms with van der Waals surface area (Å²) in [5, 5.41) is -0.0816. The van der Waals surface area contributed by atoms with E-state index in [1.807, 2.05) is 0 Å². The second kappa shape index (κ2) is 9.22. The highest BCUT2D eigenvalue weighted by molar-refractivity contribution is 6.67. The standard InChI is InChI=1S/C15H20Cl2O2/c1-2-3-4-5-6-7-10-19-14-9-8-12(15(17)18)11-13(14)16/h8-9,11H,2-7,10H2,1H3. The Kier molecular flexibility index (Phi) is 7.92. The summed E-state index contributed by atoms with van der Waals surface area (Å²) in [6, 6.07) is 4.85. The fourth-order valence-corrected chi connectivity index (χ4v) is 2.16. The van der Waals surface area contributed by atoms with Crippen molar-refractivity contribution in [2.75, 3.05) is 6.61 Å². The van der Waals surface area contributed by atoms with E-state index < -0.39 is 5.24 Å². The average molecular weight is 303 g/mol. The van der Waals surface area contributed by atoms with Crippen LogP contribution in [0.5, 0.6) is 5.75 Å². The van der Waals surface area contributed by atoms with Crippen LogP contribution in [-0.2, 0) is 0 Å². The summed E-state index contributed by atoms with van der Waals surface area (Å²) in [6.45, 7) is 2.86. The van der Waals surface area contributed by atoms with Crippen LogP contribution in [0.15, 0.2) is 18.2 Å². The summed E-state index contributed by atoms with van der Waals surface area (Å²) < 4.78 is 5.59. The van der Waals surface area contributed by atoms with Crippen molar-refractivity contribution in [3.05, 3.63) is 28.8 Å². The highest BCUT2D eigenvalue weighted by Crippen LogP contribution is 2.26. The predicted octanol–water partition coefficient (Wildman–Crippen LogP) is 5.46. The van der Waals surface area contributed by atoms with Gasteiger partial charge in [0, 0.05) is 5.56 Å². The number of unbranched alkanes of at least 4 members (excludes halogenated alkanes) is 5. The molecule has 1 aromatic carbocycles. The van der Waals surface area contributed by atoms with E-state index in [0.29, 0.717) is 22.9 Å². The zero-order valence-electron chi connectivity index (χ0n) is 11.3. The van der Waals surface area contributed by atoms with Crippen molar-refractivity contribution >= 4 is 28.4 Å². The Hall–Kier alpha value is -0.730. The molecule has 0 atom stereocenters. The zero-order valence-corrected chi connectivity index (χ0v) is 12.8. The average Bonchev–Trinajstić information content (AvgIpc) is 2.39. The molecule has 19 heavy (non-hydrogen) atoms. The lowest BCUT2D eigenvalue weighted by atomic mass is 10.1. The number of benzene rings is 1. The molecule has 0 aliphatic heterocycles. The van der Waals surface area contributed by atoms with Crippen molar-refractivity contribution < 1.29 is 9.53 Å². The largest absolute Gasteiger partial charge is 0.492 e. The van der Waals surface area contributed by atoms with Gasteiger partial charge < -0.3 is 4.74 Å². The van der Waals surface area contributed by atoms with Crippen molar-refractivity contribution in [3.63, 3.8) is 0 Å². The van der Waals surface area contributed by atoms with Gasteiger partial charge in [0.1, 0.15) is 5.75 Å². The van der Waals surface area contributed by atoms with Gasteiger partial charge in [-0.2, -0.15) is 0 Å². The number of rotatable bonds is 9. The van der Waals surface area contributed by atoms with Crippen LogP contribution in [-0.4, -0.2) is 11.8 Å². The van der Waals surface area contributed by atoms with Gasteiger partial charge in [-0.3, -0.25) is 4.79 Å². The Morgan fingerprint density at radius 2 is 1.84 bits per heavy atom. The number of carbonyl (C=O) groups is 1. The van der Waals surface area contributed by atoms with Gasteiger partial charge in [-0.1, -0.05) is 50.6 Å². The normalized spacial score (nSPS) is 10.5. The van der Waals surface area contributed by atoms with Gasteiger partial charge in [-0.15, -0.1) is 0 Å². The maximum Gasteiger partial charge on any atom is 0.252 e. The lowest BCUT2D eigenvalue weighted by Gasteiger charge is -2.08. The Bertz CT molecular complexity index is 405. The number of halogens is 2. The second-order valence-electron chi connectivity index (χ2n) is 4.54. The molecule has 106 valence electrons. The first kappa shape index (κ1) is 16.3. The third kappa shape index (κ3) is 6.31. The van der Waals surface area contributed by atoms with Gasteiger partial charge in [0.25, 0.3) is 5.24 Å². The minimum absolute atomic E-state index is 0.388. The minimum atomic E-state index is -0.510. The smallest absolute Gasteiger partial charge is 0.252 e. The van der Waals surface area contributed by atoms with E-state index in [1.54, 1.807) is 12.1 Å². The van der Waals surface area contributed by atoms with Gasteiger partial charge in [0.05, 0.1) is 11.6 Å². The molecule has 1 rings (SSSR count). The number of ether oxygens (including phenoxy) is 1. The van der Waals surface area contributed by atoms with Crippen LogP contribution < -0.4 is 4.74 Å². The van der Waals surface area contributed by atoms with Crippen molar-refractivity contribution in [2.45, 2.75) is 45.4 Å². The topological polar surface area (TPSA) is 26.3 Å². The van der Waals surface area contributed by atoms with Crippen molar-refractivity contribution in [3.8, 4) is 5.75 Å². The Balaban J connectivity index is 2.28. The molecule has 0 aromatic heterocycles. The first-order chi connectivity index (χ1) is 9.15. The van der Waals surface area contributed by atoms with Gasteiger partial charge in [0.2, 0.25) is 0 Å². The SMILES string of the molecule is CCCCCCCCOc1ccc(C(=O)Cl)cc1Cl. The van der Waals surface area contributed by atoms with Crippen LogP contribution in [0.4, 0.5) is 0 Å². The first-order valence-corrected chi connectivity index (χ1v) is 7.53. The minimum Gasteiger partial charge on any atom is -0.492 e. The van der Waals surface area contributed by atoms with Gasteiger partial charge in [-0.05, 0) is 36.2 Å². The summed E-state index contributed by atoms with van der Waals surface area (Å²) in [5.41, 5.74) is 0.388. The molecule has 4 heteroatoms. The molecule has 0 unspecified atom stereocenters. The predicted molar refractivity (Wildman–Crippen MR) is 80.5 cm³/mol. The molecule has 0 aliphatic rings. The second-order valence-corrected chi connectivity index (χ2v) is 5.29. The molecule has 0 amide bonds. The number of hydrogen-bond acceptors (Lipinski definition) is 2. The molecule has 2 nitrogen and oxygen atoms in total.